The van der Waals surface area contributed by atoms with E-state index in [9.17, 15) is 18.4 Å². The summed E-state index contributed by atoms with van der Waals surface area (Å²) < 4.78 is 33.8. The van der Waals surface area contributed by atoms with E-state index in [0.717, 1.165) is 65.6 Å². The molecule has 1 saturated heterocycles. The van der Waals surface area contributed by atoms with Gasteiger partial charge in [-0.05, 0) is 55.5 Å². The number of benzene rings is 1. The second-order valence-corrected chi connectivity index (χ2v) is 9.41. The molecule has 0 spiro atoms. The lowest BCUT2D eigenvalue weighted by molar-refractivity contribution is -0.192. The topological polar surface area (TPSA) is 120 Å². The van der Waals surface area contributed by atoms with E-state index < -0.39 is 12.1 Å². The van der Waals surface area contributed by atoms with Gasteiger partial charge in [0.15, 0.2) is 0 Å². The van der Waals surface area contributed by atoms with E-state index in [4.69, 9.17) is 9.90 Å². The summed E-state index contributed by atoms with van der Waals surface area (Å²) >= 11 is 0. The molecule has 1 aromatic carbocycles. The van der Waals surface area contributed by atoms with Crippen molar-refractivity contribution in [3.05, 3.63) is 60.7 Å². The van der Waals surface area contributed by atoms with Crippen LogP contribution in [0.3, 0.4) is 0 Å². The molecule has 0 bridgehead atoms. The third-order valence-electron chi connectivity index (χ3n) is 6.89. The molecule has 1 atom stereocenters. The number of hydrogen-bond acceptors (Lipinski definition) is 5. The van der Waals surface area contributed by atoms with Crippen molar-refractivity contribution in [3.8, 4) is 28.3 Å². The number of piperidine rings is 1. The summed E-state index contributed by atoms with van der Waals surface area (Å²) in [5.41, 5.74) is 6.55. The SMILES string of the molecule is CCC(CC#N)c1cccc(-c2c[nH]c3ncc(-c4cnn(C5CCNCC5)c4)cc23)c1.O=C(O)C(F)(F)F. The number of nitriles is 1. The maximum Gasteiger partial charge on any atom is 0.490 e. The number of aromatic nitrogens is 4. The molecule has 0 radical (unpaired) electrons. The molecule has 1 aliphatic heterocycles. The standard InChI is InChI=1S/C26H28N6.C2HF3O2/c1-2-18(6-9-27)19-4-3-5-20(12-19)25-16-30-26-24(25)13-21(14-29-26)22-15-31-32(17-22)23-7-10-28-11-8-23;3-2(4,5)1(6)7/h3-5,12-18,23,28H,2,6-8,10-11H2,1H3,(H,29,30);(H,6,7). The van der Waals surface area contributed by atoms with E-state index in [1.165, 1.54) is 5.56 Å². The van der Waals surface area contributed by atoms with Gasteiger partial charge in [0, 0.05) is 47.1 Å². The first-order valence-corrected chi connectivity index (χ1v) is 12.7. The zero-order valence-electron chi connectivity index (χ0n) is 21.4. The second-order valence-electron chi connectivity index (χ2n) is 9.41. The fraction of sp³-hybridized carbons (Fsp3) is 0.357. The normalized spacial score (nSPS) is 14.8. The second kappa shape index (κ2) is 12.1. The zero-order chi connectivity index (χ0) is 28.0. The molecule has 4 heterocycles. The molecule has 1 fully saturated rings. The van der Waals surface area contributed by atoms with E-state index >= 15 is 0 Å². The van der Waals surface area contributed by atoms with E-state index in [-0.39, 0.29) is 5.92 Å². The van der Waals surface area contributed by atoms with Gasteiger partial charge in [-0.1, -0.05) is 31.2 Å². The molecule has 0 saturated carbocycles. The molecule has 1 aliphatic rings. The number of hydrogen-bond donors (Lipinski definition) is 3. The molecule has 8 nitrogen and oxygen atoms in total. The van der Waals surface area contributed by atoms with Crippen LogP contribution in [0.4, 0.5) is 13.2 Å². The number of carboxylic acid groups (broad SMARTS) is 1. The summed E-state index contributed by atoms with van der Waals surface area (Å²) in [5, 5.41) is 25.5. The molecule has 0 aliphatic carbocycles. The van der Waals surface area contributed by atoms with Gasteiger partial charge in [-0.2, -0.15) is 23.5 Å². The molecule has 3 N–H and O–H groups in total. The Morgan fingerprint density at radius 2 is 1.95 bits per heavy atom. The van der Waals surface area contributed by atoms with Gasteiger partial charge in [-0.25, -0.2) is 9.78 Å². The largest absolute Gasteiger partial charge is 0.490 e. The van der Waals surface area contributed by atoms with Gasteiger partial charge in [0.05, 0.1) is 18.3 Å². The first kappa shape index (κ1) is 27.9. The molecule has 11 heteroatoms. The van der Waals surface area contributed by atoms with Crippen molar-refractivity contribution in [2.75, 3.05) is 13.1 Å². The number of alkyl halides is 3. The number of nitrogens with one attached hydrogen (secondary N) is 2. The predicted molar refractivity (Wildman–Crippen MR) is 141 cm³/mol. The fourth-order valence-electron chi connectivity index (χ4n) is 4.73. The molecule has 204 valence electrons. The van der Waals surface area contributed by atoms with E-state index in [1.807, 2.05) is 18.6 Å². The Hall–Kier alpha value is -4.17. The first-order valence-electron chi connectivity index (χ1n) is 12.7. The van der Waals surface area contributed by atoms with Gasteiger partial charge in [0.25, 0.3) is 0 Å². The van der Waals surface area contributed by atoms with Crippen LogP contribution in [0, 0.1) is 11.3 Å². The number of aromatic amines is 1. The summed E-state index contributed by atoms with van der Waals surface area (Å²) in [6, 6.07) is 13.6. The van der Waals surface area contributed by atoms with Crippen LogP contribution in [0.15, 0.2) is 55.1 Å². The average Bonchev–Trinajstić information content (AvgIpc) is 3.60. The highest BCUT2D eigenvalue weighted by atomic mass is 19.4. The molecular weight excluding hydrogens is 509 g/mol. The van der Waals surface area contributed by atoms with Crippen molar-refractivity contribution in [2.24, 2.45) is 0 Å². The predicted octanol–water partition coefficient (Wildman–Crippen LogP) is 6.06. The Balaban J connectivity index is 0.000000448. The van der Waals surface area contributed by atoms with Crippen LogP contribution < -0.4 is 5.32 Å². The number of carboxylic acids is 1. The number of aliphatic carboxylic acids is 1. The molecule has 5 rings (SSSR count). The third-order valence-corrected chi connectivity index (χ3v) is 6.89. The minimum atomic E-state index is -5.08. The monoisotopic (exact) mass is 538 g/mol. The van der Waals surface area contributed by atoms with Crippen LogP contribution in [0.1, 0.15) is 50.1 Å². The lowest BCUT2D eigenvalue weighted by Crippen LogP contribution is -2.29. The minimum absolute atomic E-state index is 0.264. The molecular formula is C28H29F3N6O2. The van der Waals surface area contributed by atoms with Crippen molar-refractivity contribution >= 4 is 17.0 Å². The van der Waals surface area contributed by atoms with Gasteiger partial charge >= 0.3 is 12.1 Å². The Morgan fingerprint density at radius 1 is 1.21 bits per heavy atom. The summed E-state index contributed by atoms with van der Waals surface area (Å²) in [4.78, 5) is 16.9. The van der Waals surface area contributed by atoms with E-state index in [0.29, 0.717) is 12.5 Å². The van der Waals surface area contributed by atoms with Crippen LogP contribution >= 0.6 is 0 Å². The highest BCUT2D eigenvalue weighted by molar-refractivity contribution is 5.95. The number of H-pyrrole nitrogens is 1. The molecule has 0 amide bonds. The lowest BCUT2D eigenvalue weighted by atomic mass is 9.91. The van der Waals surface area contributed by atoms with Crippen molar-refractivity contribution in [3.63, 3.8) is 0 Å². The maximum atomic E-state index is 10.6. The summed E-state index contributed by atoms with van der Waals surface area (Å²) in [7, 11) is 0. The van der Waals surface area contributed by atoms with E-state index in [1.54, 1.807) is 0 Å². The summed E-state index contributed by atoms with van der Waals surface area (Å²) in [6.07, 6.45) is 6.69. The van der Waals surface area contributed by atoms with Gasteiger partial charge in [0.1, 0.15) is 5.65 Å². The molecule has 3 aromatic heterocycles. The number of fused-ring (bicyclic) bond motifs is 1. The lowest BCUT2D eigenvalue weighted by Gasteiger charge is -2.22. The van der Waals surface area contributed by atoms with Crippen LogP contribution in [-0.2, 0) is 4.79 Å². The zero-order valence-corrected chi connectivity index (χ0v) is 21.4. The number of rotatable bonds is 6. The summed E-state index contributed by atoms with van der Waals surface area (Å²) in [6.45, 7) is 4.24. The van der Waals surface area contributed by atoms with Gasteiger partial charge in [-0.3, -0.25) is 4.68 Å². The number of nitrogens with zero attached hydrogens (tertiary/aromatic N) is 4. The Morgan fingerprint density at radius 3 is 2.62 bits per heavy atom. The Kier molecular flexibility index (Phi) is 8.66. The number of halogens is 3. The van der Waals surface area contributed by atoms with Gasteiger partial charge in [0.2, 0.25) is 0 Å². The van der Waals surface area contributed by atoms with Gasteiger partial charge in [-0.15, -0.1) is 0 Å². The molecule has 39 heavy (non-hydrogen) atoms. The van der Waals surface area contributed by atoms with Crippen molar-refractivity contribution in [1.29, 1.82) is 5.26 Å². The molecule has 1 unspecified atom stereocenters. The van der Waals surface area contributed by atoms with Crippen molar-refractivity contribution in [2.45, 2.75) is 50.7 Å². The third kappa shape index (κ3) is 6.64. The highest BCUT2D eigenvalue weighted by Crippen LogP contribution is 2.34. The van der Waals surface area contributed by atoms with Crippen LogP contribution in [0.25, 0.3) is 33.3 Å². The van der Waals surface area contributed by atoms with Crippen LogP contribution in [-0.4, -0.2) is 50.1 Å². The minimum Gasteiger partial charge on any atom is -0.475 e. The van der Waals surface area contributed by atoms with Crippen LogP contribution in [0.5, 0.6) is 0 Å². The average molecular weight is 539 g/mol. The van der Waals surface area contributed by atoms with Gasteiger partial charge < -0.3 is 15.4 Å². The fourth-order valence-corrected chi connectivity index (χ4v) is 4.73. The maximum absolute atomic E-state index is 10.6. The molecule has 4 aromatic rings. The Labute approximate surface area is 223 Å². The van der Waals surface area contributed by atoms with E-state index in [2.05, 4.69) is 74.6 Å². The van der Waals surface area contributed by atoms with Crippen molar-refractivity contribution < 1.29 is 23.1 Å². The summed E-state index contributed by atoms with van der Waals surface area (Å²) in [5.74, 6) is -2.49. The number of pyridine rings is 1. The highest BCUT2D eigenvalue weighted by Gasteiger charge is 2.38. The first-order chi connectivity index (χ1) is 18.7. The van der Waals surface area contributed by atoms with Crippen molar-refractivity contribution in [1.82, 2.24) is 25.1 Å². The quantitative estimate of drug-likeness (QED) is 0.275. The Bertz CT molecular complexity index is 1460. The smallest absolute Gasteiger partial charge is 0.475 e. The number of carbonyl (C=O) groups is 1. The van der Waals surface area contributed by atoms with Crippen LogP contribution in [0.2, 0.25) is 0 Å².